The van der Waals surface area contributed by atoms with E-state index in [0.29, 0.717) is 16.9 Å². The molecule has 0 saturated heterocycles. The van der Waals surface area contributed by atoms with Crippen LogP contribution in [0.2, 0.25) is 0 Å². The quantitative estimate of drug-likeness (QED) is 0.644. The van der Waals surface area contributed by atoms with Crippen molar-refractivity contribution < 1.29 is 4.79 Å². The van der Waals surface area contributed by atoms with Gasteiger partial charge in [-0.2, -0.15) is 0 Å². The molecule has 3 N–H and O–H groups in total. The van der Waals surface area contributed by atoms with E-state index in [4.69, 9.17) is 5.73 Å². The molecule has 0 radical (unpaired) electrons. The van der Waals surface area contributed by atoms with Gasteiger partial charge in [-0.25, -0.2) is 0 Å². The van der Waals surface area contributed by atoms with Crippen LogP contribution in [0.1, 0.15) is 10.4 Å². The summed E-state index contributed by atoms with van der Waals surface area (Å²) in [6.45, 7) is 0. The van der Waals surface area contributed by atoms with Crippen molar-refractivity contribution in [2.24, 2.45) is 0 Å². The Morgan fingerprint density at radius 1 is 0.870 bits per heavy atom. The van der Waals surface area contributed by atoms with Crippen molar-refractivity contribution in [3.8, 4) is 11.1 Å². The molecule has 3 aromatic rings. The van der Waals surface area contributed by atoms with E-state index in [2.05, 4.69) is 21.2 Å². The summed E-state index contributed by atoms with van der Waals surface area (Å²) in [4.78, 5) is 12.3. The molecule has 114 valence electrons. The molecule has 0 heterocycles. The van der Waals surface area contributed by atoms with Gasteiger partial charge in [0.2, 0.25) is 0 Å². The third kappa shape index (κ3) is 3.60. The first kappa shape index (κ1) is 15.3. The first-order chi connectivity index (χ1) is 11.1. The van der Waals surface area contributed by atoms with Gasteiger partial charge in [0.25, 0.3) is 5.91 Å². The van der Waals surface area contributed by atoms with Crippen molar-refractivity contribution in [2.75, 3.05) is 11.1 Å². The summed E-state index contributed by atoms with van der Waals surface area (Å²) in [5.41, 5.74) is 9.81. The number of hydrogen-bond donors (Lipinski definition) is 2. The highest BCUT2D eigenvalue weighted by atomic mass is 79.9. The molecule has 0 aliphatic heterocycles. The minimum Gasteiger partial charge on any atom is -0.397 e. The second kappa shape index (κ2) is 6.67. The Hall–Kier alpha value is -2.59. The number of anilines is 2. The summed E-state index contributed by atoms with van der Waals surface area (Å²) in [6.07, 6.45) is 0. The van der Waals surface area contributed by atoms with E-state index in [0.717, 1.165) is 15.6 Å². The lowest BCUT2D eigenvalue weighted by Crippen LogP contribution is -2.13. The van der Waals surface area contributed by atoms with Crippen LogP contribution >= 0.6 is 15.9 Å². The number of rotatable bonds is 3. The van der Waals surface area contributed by atoms with Crippen LogP contribution in [0.3, 0.4) is 0 Å². The first-order valence-corrected chi connectivity index (χ1v) is 7.94. The summed E-state index contributed by atoms with van der Waals surface area (Å²) >= 11 is 3.34. The first-order valence-electron chi connectivity index (χ1n) is 7.15. The number of amides is 1. The zero-order valence-electron chi connectivity index (χ0n) is 12.3. The molecule has 1 amide bonds. The van der Waals surface area contributed by atoms with E-state index in [1.165, 1.54) is 0 Å². The topological polar surface area (TPSA) is 55.1 Å². The summed E-state index contributed by atoms with van der Waals surface area (Å²) in [5, 5.41) is 2.83. The molecule has 0 saturated carbocycles. The Bertz CT molecular complexity index is 830. The molecule has 3 rings (SSSR count). The van der Waals surface area contributed by atoms with E-state index in [-0.39, 0.29) is 5.91 Å². The van der Waals surface area contributed by atoms with Crippen LogP contribution in [-0.4, -0.2) is 5.91 Å². The minimum atomic E-state index is -0.182. The van der Waals surface area contributed by atoms with E-state index >= 15 is 0 Å². The van der Waals surface area contributed by atoms with E-state index in [1.54, 1.807) is 12.1 Å². The van der Waals surface area contributed by atoms with Gasteiger partial charge in [-0.15, -0.1) is 0 Å². The Morgan fingerprint density at radius 3 is 2.17 bits per heavy atom. The molecular weight excluding hydrogens is 352 g/mol. The lowest BCUT2D eigenvalue weighted by Gasteiger charge is -2.09. The molecule has 0 aromatic heterocycles. The smallest absolute Gasteiger partial charge is 0.255 e. The van der Waals surface area contributed by atoms with E-state index in [9.17, 15) is 4.79 Å². The van der Waals surface area contributed by atoms with Gasteiger partial charge in [0, 0.05) is 10.0 Å². The molecule has 23 heavy (non-hydrogen) atoms. The summed E-state index contributed by atoms with van der Waals surface area (Å²) < 4.78 is 0.875. The fourth-order valence-corrected chi connectivity index (χ4v) is 2.67. The molecule has 0 fully saturated rings. The molecule has 4 heteroatoms. The van der Waals surface area contributed by atoms with Gasteiger partial charge in [-0.3, -0.25) is 4.79 Å². The zero-order valence-corrected chi connectivity index (χ0v) is 13.9. The summed E-state index contributed by atoms with van der Waals surface area (Å²) in [6, 6.07) is 22.9. The van der Waals surface area contributed by atoms with Crippen molar-refractivity contribution in [1.29, 1.82) is 0 Å². The zero-order chi connectivity index (χ0) is 16.2. The number of benzene rings is 3. The number of halogens is 1. The van der Waals surface area contributed by atoms with Crippen LogP contribution < -0.4 is 11.1 Å². The van der Waals surface area contributed by atoms with Crippen molar-refractivity contribution in [1.82, 2.24) is 0 Å². The van der Waals surface area contributed by atoms with Crippen LogP contribution in [0.15, 0.2) is 77.3 Å². The van der Waals surface area contributed by atoms with Crippen LogP contribution in [0.4, 0.5) is 11.4 Å². The Morgan fingerprint density at radius 2 is 1.52 bits per heavy atom. The maximum Gasteiger partial charge on any atom is 0.255 e. The highest BCUT2D eigenvalue weighted by molar-refractivity contribution is 9.10. The van der Waals surface area contributed by atoms with Crippen molar-refractivity contribution >= 4 is 33.2 Å². The maximum atomic E-state index is 12.3. The average molecular weight is 367 g/mol. The predicted octanol–water partition coefficient (Wildman–Crippen LogP) is 4.95. The van der Waals surface area contributed by atoms with Crippen LogP contribution in [-0.2, 0) is 0 Å². The molecule has 0 spiro atoms. The number of carbonyl (C=O) groups is 1. The van der Waals surface area contributed by atoms with Gasteiger partial charge >= 0.3 is 0 Å². The number of hydrogen-bond acceptors (Lipinski definition) is 2. The van der Waals surface area contributed by atoms with E-state index in [1.807, 2.05) is 60.7 Å². The number of carbonyl (C=O) groups excluding carboxylic acids is 1. The van der Waals surface area contributed by atoms with Crippen LogP contribution in [0.25, 0.3) is 11.1 Å². The SMILES string of the molecule is Nc1cc(Br)ccc1NC(=O)c1ccc(-c2ccccc2)cc1. The van der Waals surface area contributed by atoms with Gasteiger partial charge in [-0.05, 0) is 41.5 Å². The Balaban J connectivity index is 1.78. The Kier molecular flexibility index (Phi) is 4.44. The van der Waals surface area contributed by atoms with Gasteiger partial charge in [0.15, 0.2) is 0 Å². The van der Waals surface area contributed by atoms with Gasteiger partial charge in [-0.1, -0.05) is 58.4 Å². The van der Waals surface area contributed by atoms with Crippen molar-refractivity contribution in [2.45, 2.75) is 0 Å². The lowest BCUT2D eigenvalue weighted by atomic mass is 10.0. The molecule has 0 aliphatic carbocycles. The Labute approximate surface area is 143 Å². The second-order valence-corrected chi connectivity index (χ2v) is 6.04. The van der Waals surface area contributed by atoms with Crippen LogP contribution in [0.5, 0.6) is 0 Å². The third-order valence-electron chi connectivity index (χ3n) is 3.52. The summed E-state index contributed by atoms with van der Waals surface area (Å²) in [5.74, 6) is -0.182. The van der Waals surface area contributed by atoms with E-state index < -0.39 is 0 Å². The second-order valence-electron chi connectivity index (χ2n) is 5.13. The largest absolute Gasteiger partial charge is 0.397 e. The normalized spacial score (nSPS) is 10.3. The number of nitrogens with two attached hydrogens (primary N) is 1. The monoisotopic (exact) mass is 366 g/mol. The van der Waals surface area contributed by atoms with Crippen molar-refractivity contribution in [3.05, 3.63) is 82.8 Å². The molecule has 0 bridgehead atoms. The number of nitrogen functional groups attached to an aromatic ring is 1. The fraction of sp³-hybridized carbons (Fsp3) is 0. The minimum absolute atomic E-state index is 0.182. The van der Waals surface area contributed by atoms with Gasteiger partial charge < -0.3 is 11.1 Å². The lowest BCUT2D eigenvalue weighted by molar-refractivity contribution is 0.102. The number of nitrogens with one attached hydrogen (secondary N) is 1. The molecule has 0 unspecified atom stereocenters. The van der Waals surface area contributed by atoms with Gasteiger partial charge in [0.1, 0.15) is 0 Å². The molecule has 0 aliphatic rings. The van der Waals surface area contributed by atoms with Gasteiger partial charge in [0.05, 0.1) is 11.4 Å². The average Bonchev–Trinajstić information content (AvgIpc) is 2.58. The third-order valence-corrected chi connectivity index (χ3v) is 4.01. The highest BCUT2D eigenvalue weighted by Gasteiger charge is 2.08. The van der Waals surface area contributed by atoms with Crippen LogP contribution in [0, 0.1) is 0 Å². The standard InChI is InChI=1S/C19H15BrN2O/c20-16-10-11-18(17(21)12-16)22-19(23)15-8-6-14(7-9-15)13-4-2-1-3-5-13/h1-12H,21H2,(H,22,23). The van der Waals surface area contributed by atoms with Crippen molar-refractivity contribution in [3.63, 3.8) is 0 Å². The fourth-order valence-electron chi connectivity index (χ4n) is 2.29. The predicted molar refractivity (Wildman–Crippen MR) is 98.4 cm³/mol. The maximum absolute atomic E-state index is 12.3. The summed E-state index contributed by atoms with van der Waals surface area (Å²) in [7, 11) is 0. The molecular formula is C19H15BrN2O. The highest BCUT2D eigenvalue weighted by Crippen LogP contribution is 2.24. The molecule has 3 aromatic carbocycles. The molecule has 3 nitrogen and oxygen atoms in total. The molecule has 0 atom stereocenters.